The third kappa shape index (κ3) is 3.80. The van der Waals surface area contributed by atoms with Crippen molar-refractivity contribution in [2.24, 2.45) is 0 Å². The number of benzene rings is 1. The fraction of sp³-hybridized carbons (Fsp3) is 0.400. The van der Waals surface area contributed by atoms with E-state index in [1.54, 1.807) is 0 Å². The van der Waals surface area contributed by atoms with Crippen molar-refractivity contribution in [2.45, 2.75) is 12.5 Å². The minimum absolute atomic E-state index is 0.0438. The van der Waals surface area contributed by atoms with E-state index in [0.29, 0.717) is 13.2 Å². The minimum Gasteiger partial charge on any atom is -0.493 e. The number of hydrogen-bond donors (Lipinski definition) is 1. The second kappa shape index (κ2) is 7.74. The lowest BCUT2D eigenvalue weighted by Crippen LogP contribution is -2.50. The lowest BCUT2D eigenvalue weighted by atomic mass is 10.0. The van der Waals surface area contributed by atoms with E-state index in [4.69, 9.17) is 4.74 Å². The van der Waals surface area contributed by atoms with Crippen molar-refractivity contribution < 1.29 is 9.53 Å². The largest absolute Gasteiger partial charge is 0.493 e. The quantitative estimate of drug-likeness (QED) is 0.910. The number of piperazine rings is 1. The van der Waals surface area contributed by atoms with Crippen molar-refractivity contribution in [1.82, 2.24) is 15.2 Å². The van der Waals surface area contributed by atoms with Crippen LogP contribution in [0.3, 0.4) is 0 Å². The van der Waals surface area contributed by atoms with E-state index in [1.165, 1.54) is 0 Å². The number of fused-ring (bicyclic) bond motifs is 1. The maximum atomic E-state index is 12.5. The van der Waals surface area contributed by atoms with Gasteiger partial charge in [-0.2, -0.15) is 0 Å². The first-order valence-electron chi connectivity index (χ1n) is 9.19. The van der Waals surface area contributed by atoms with Crippen molar-refractivity contribution in [3.63, 3.8) is 0 Å². The Hall–Kier alpha value is -2.60. The molecular formula is C20H24N4O2. The van der Waals surface area contributed by atoms with Crippen molar-refractivity contribution in [3.8, 4) is 5.75 Å². The molecule has 1 N–H and O–H groups in total. The van der Waals surface area contributed by atoms with Gasteiger partial charge in [0.15, 0.2) is 0 Å². The lowest BCUT2D eigenvalue weighted by molar-refractivity contribution is -0.123. The van der Waals surface area contributed by atoms with Gasteiger partial charge in [0.2, 0.25) is 5.91 Å². The molecule has 0 saturated carbocycles. The standard InChI is InChI=1S/C20H24N4O2/c25-20(22-17-8-14-26-18-6-2-1-5-16(17)18)15-23-10-12-24(13-11-23)19-7-3-4-9-21-19/h1-7,9,17H,8,10-15H2,(H,22,25). The maximum Gasteiger partial charge on any atom is 0.234 e. The van der Waals surface area contributed by atoms with Crippen LogP contribution in [0.4, 0.5) is 5.82 Å². The summed E-state index contributed by atoms with van der Waals surface area (Å²) in [5.74, 6) is 1.97. The molecule has 0 bridgehead atoms. The van der Waals surface area contributed by atoms with Crippen LogP contribution in [0.2, 0.25) is 0 Å². The summed E-state index contributed by atoms with van der Waals surface area (Å²) in [5, 5.41) is 3.18. The second-order valence-corrected chi connectivity index (χ2v) is 6.75. The van der Waals surface area contributed by atoms with Crippen LogP contribution in [-0.4, -0.2) is 55.1 Å². The molecule has 1 aromatic heterocycles. The fourth-order valence-corrected chi connectivity index (χ4v) is 3.61. The Labute approximate surface area is 153 Å². The number of anilines is 1. The van der Waals surface area contributed by atoms with Crippen LogP contribution in [0.1, 0.15) is 18.0 Å². The van der Waals surface area contributed by atoms with Gasteiger partial charge in [-0.05, 0) is 18.2 Å². The summed E-state index contributed by atoms with van der Waals surface area (Å²) in [6.45, 7) is 4.61. The molecule has 2 aromatic rings. The number of carbonyl (C=O) groups is 1. The SMILES string of the molecule is O=C(CN1CCN(c2ccccn2)CC1)NC1CCOc2ccccc21. The van der Waals surface area contributed by atoms with Crippen molar-refractivity contribution in [2.75, 3.05) is 44.2 Å². The summed E-state index contributed by atoms with van der Waals surface area (Å²) in [6, 6.07) is 14.0. The molecule has 26 heavy (non-hydrogen) atoms. The van der Waals surface area contributed by atoms with Gasteiger partial charge >= 0.3 is 0 Å². The van der Waals surface area contributed by atoms with Gasteiger partial charge in [-0.1, -0.05) is 24.3 Å². The molecule has 1 amide bonds. The first-order valence-corrected chi connectivity index (χ1v) is 9.19. The number of carbonyl (C=O) groups excluding carboxylic acids is 1. The monoisotopic (exact) mass is 352 g/mol. The Morgan fingerprint density at radius 2 is 1.92 bits per heavy atom. The van der Waals surface area contributed by atoms with E-state index in [2.05, 4.69) is 20.1 Å². The number of pyridine rings is 1. The minimum atomic E-state index is 0.0438. The van der Waals surface area contributed by atoms with Gasteiger partial charge < -0.3 is 15.0 Å². The molecule has 2 aliphatic rings. The molecule has 0 spiro atoms. The van der Waals surface area contributed by atoms with Crippen LogP contribution in [0, 0.1) is 0 Å². The average molecular weight is 352 g/mol. The first-order chi connectivity index (χ1) is 12.8. The van der Waals surface area contributed by atoms with Crippen molar-refractivity contribution in [3.05, 3.63) is 54.2 Å². The predicted octanol–water partition coefficient (Wildman–Crippen LogP) is 1.84. The van der Waals surface area contributed by atoms with Gasteiger partial charge in [-0.3, -0.25) is 9.69 Å². The number of nitrogens with one attached hydrogen (secondary N) is 1. The molecule has 0 aliphatic carbocycles. The number of ether oxygens (including phenoxy) is 1. The van der Waals surface area contributed by atoms with Gasteiger partial charge in [0.25, 0.3) is 0 Å². The third-order valence-corrected chi connectivity index (χ3v) is 5.01. The van der Waals surface area contributed by atoms with E-state index in [0.717, 1.165) is 49.7 Å². The summed E-state index contributed by atoms with van der Waals surface area (Å²) >= 11 is 0. The highest BCUT2D eigenvalue weighted by Crippen LogP contribution is 2.31. The zero-order valence-corrected chi connectivity index (χ0v) is 14.8. The first kappa shape index (κ1) is 16.8. The van der Waals surface area contributed by atoms with E-state index >= 15 is 0 Å². The summed E-state index contributed by atoms with van der Waals surface area (Å²) in [7, 11) is 0. The number of aromatic nitrogens is 1. The molecule has 1 aromatic carbocycles. The van der Waals surface area contributed by atoms with Crippen LogP contribution < -0.4 is 15.0 Å². The van der Waals surface area contributed by atoms with Crippen LogP contribution in [0.15, 0.2) is 48.7 Å². The van der Waals surface area contributed by atoms with Gasteiger partial charge in [-0.25, -0.2) is 4.98 Å². The maximum absolute atomic E-state index is 12.5. The fourth-order valence-electron chi connectivity index (χ4n) is 3.61. The van der Waals surface area contributed by atoms with Crippen LogP contribution in [0.25, 0.3) is 0 Å². The molecule has 1 atom stereocenters. The number of hydrogen-bond acceptors (Lipinski definition) is 5. The molecule has 4 rings (SSSR count). The lowest BCUT2D eigenvalue weighted by Gasteiger charge is -2.35. The third-order valence-electron chi connectivity index (χ3n) is 5.01. The average Bonchev–Trinajstić information content (AvgIpc) is 2.69. The topological polar surface area (TPSA) is 57.7 Å². The Kier molecular flexibility index (Phi) is 5.02. The van der Waals surface area contributed by atoms with E-state index in [9.17, 15) is 4.79 Å². The zero-order valence-electron chi connectivity index (χ0n) is 14.8. The Morgan fingerprint density at radius 3 is 2.73 bits per heavy atom. The van der Waals surface area contributed by atoms with Crippen LogP contribution in [0.5, 0.6) is 5.75 Å². The van der Waals surface area contributed by atoms with E-state index in [1.807, 2.05) is 48.7 Å². The van der Waals surface area contributed by atoms with Gasteiger partial charge in [0.05, 0.1) is 19.2 Å². The molecule has 0 radical (unpaired) electrons. The highest BCUT2D eigenvalue weighted by Gasteiger charge is 2.24. The van der Waals surface area contributed by atoms with Gasteiger partial charge in [-0.15, -0.1) is 0 Å². The van der Waals surface area contributed by atoms with E-state index in [-0.39, 0.29) is 11.9 Å². The molecule has 2 aliphatic heterocycles. The number of para-hydroxylation sites is 1. The summed E-state index contributed by atoms with van der Waals surface area (Å²) in [5.41, 5.74) is 1.08. The molecule has 3 heterocycles. The number of rotatable bonds is 4. The molecule has 1 unspecified atom stereocenters. The van der Waals surface area contributed by atoms with Gasteiger partial charge in [0.1, 0.15) is 11.6 Å². The second-order valence-electron chi connectivity index (χ2n) is 6.75. The number of nitrogens with zero attached hydrogens (tertiary/aromatic N) is 3. The summed E-state index contributed by atoms with van der Waals surface area (Å²) in [4.78, 5) is 21.4. The molecule has 1 fully saturated rings. The zero-order chi connectivity index (χ0) is 17.8. The smallest absolute Gasteiger partial charge is 0.234 e. The molecule has 6 heteroatoms. The Balaban J connectivity index is 1.29. The molecule has 6 nitrogen and oxygen atoms in total. The molecular weight excluding hydrogens is 328 g/mol. The van der Waals surface area contributed by atoms with Gasteiger partial charge in [0, 0.05) is 44.4 Å². The van der Waals surface area contributed by atoms with Crippen LogP contribution in [-0.2, 0) is 4.79 Å². The molecule has 136 valence electrons. The summed E-state index contributed by atoms with van der Waals surface area (Å²) in [6.07, 6.45) is 2.64. The summed E-state index contributed by atoms with van der Waals surface area (Å²) < 4.78 is 5.67. The normalized spacial score (nSPS) is 20.2. The highest BCUT2D eigenvalue weighted by molar-refractivity contribution is 5.78. The Morgan fingerprint density at radius 1 is 1.12 bits per heavy atom. The molecule has 1 saturated heterocycles. The van der Waals surface area contributed by atoms with Crippen molar-refractivity contribution >= 4 is 11.7 Å². The highest BCUT2D eigenvalue weighted by atomic mass is 16.5. The van der Waals surface area contributed by atoms with Crippen LogP contribution >= 0.6 is 0 Å². The number of amides is 1. The Bertz CT molecular complexity index is 744. The predicted molar refractivity (Wildman–Crippen MR) is 100 cm³/mol. The van der Waals surface area contributed by atoms with E-state index < -0.39 is 0 Å². The van der Waals surface area contributed by atoms with Crippen molar-refractivity contribution in [1.29, 1.82) is 0 Å².